The fourth-order valence-corrected chi connectivity index (χ4v) is 3.14. The Kier molecular flexibility index (Phi) is 5.13. The van der Waals surface area contributed by atoms with Crippen LogP contribution in [0.15, 0.2) is 35.1 Å². The molecule has 134 valence electrons. The molecule has 0 saturated carbocycles. The van der Waals surface area contributed by atoms with Crippen molar-refractivity contribution in [3.63, 3.8) is 0 Å². The number of thiazole rings is 1. The second kappa shape index (κ2) is 7.49. The Bertz CT molecular complexity index is 973. The van der Waals surface area contributed by atoms with Crippen molar-refractivity contribution >= 4 is 22.4 Å². The minimum atomic E-state index is -0.458. The summed E-state index contributed by atoms with van der Waals surface area (Å²) < 4.78 is 5.12. The van der Waals surface area contributed by atoms with Gasteiger partial charge in [-0.3, -0.25) is 14.9 Å². The first-order valence-corrected chi connectivity index (χ1v) is 8.75. The lowest BCUT2D eigenvalue weighted by molar-refractivity contribution is 0.102. The first-order chi connectivity index (χ1) is 12.4. The fourth-order valence-electron chi connectivity index (χ4n) is 2.33. The van der Waals surface area contributed by atoms with Crippen molar-refractivity contribution in [1.29, 1.82) is 0 Å². The molecule has 7 nitrogen and oxygen atoms in total. The molecule has 0 aliphatic carbocycles. The lowest BCUT2D eigenvalue weighted by Gasteiger charge is -2.05. The van der Waals surface area contributed by atoms with Crippen LogP contribution in [0, 0.1) is 13.8 Å². The van der Waals surface area contributed by atoms with Gasteiger partial charge in [0.1, 0.15) is 17.3 Å². The van der Waals surface area contributed by atoms with Crippen LogP contribution in [0.4, 0.5) is 5.13 Å². The molecule has 1 amide bonds. The zero-order valence-electron chi connectivity index (χ0n) is 14.6. The molecule has 26 heavy (non-hydrogen) atoms. The monoisotopic (exact) mass is 370 g/mol. The van der Waals surface area contributed by atoms with Gasteiger partial charge in [-0.05, 0) is 31.5 Å². The molecule has 2 heterocycles. The molecule has 2 aromatic heterocycles. The van der Waals surface area contributed by atoms with Crippen LogP contribution in [0.1, 0.15) is 32.4 Å². The van der Waals surface area contributed by atoms with Crippen LogP contribution in [0.5, 0.6) is 5.75 Å². The number of anilines is 1. The summed E-state index contributed by atoms with van der Waals surface area (Å²) in [5.74, 6) is 0.706. The molecule has 0 aliphatic heterocycles. The van der Waals surface area contributed by atoms with Gasteiger partial charge in [-0.1, -0.05) is 12.1 Å². The van der Waals surface area contributed by atoms with Crippen LogP contribution in [0.25, 0.3) is 0 Å². The number of H-pyrrole nitrogens is 1. The Morgan fingerprint density at radius 3 is 2.58 bits per heavy atom. The van der Waals surface area contributed by atoms with Crippen molar-refractivity contribution in [3.8, 4) is 5.75 Å². The zero-order chi connectivity index (χ0) is 18.7. The maximum absolute atomic E-state index is 12.4. The van der Waals surface area contributed by atoms with Crippen molar-refractivity contribution in [2.45, 2.75) is 20.3 Å². The molecule has 2 N–H and O–H groups in total. The summed E-state index contributed by atoms with van der Waals surface area (Å²) in [5, 5.41) is 3.18. The molecule has 8 heteroatoms. The Labute approximate surface area is 154 Å². The number of hydrogen-bond acceptors (Lipinski definition) is 6. The zero-order valence-corrected chi connectivity index (χ0v) is 15.4. The van der Waals surface area contributed by atoms with E-state index < -0.39 is 5.91 Å². The molecule has 0 fully saturated rings. The van der Waals surface area contributed by atoms with Crippen molar-refractivity contribution in [2.75, 3.05) is 12.4 Å². The summed E-state index contributed by atoms with van der Waals surface area (Å²) in [6, 6.07) is 8.60. The summed E-state index contributed by atoms with van der Waals surface area (Å²) in [6.07, 6.45) is 0.399. The van der Waals surface area contributed by atoms with Crippen LogP contribution in [0.3, 0.4) is 0 Å². The number of amides is 1. The molecule has 3 rings (SSSR count). The Morgan fingerprint density at radius 1 is 1.23 bits per heavy atom. The maximum Gasteiger partial charge on any atom is 0.276 e. The number of ether oxygens (including phenoxy) is 1. The van der Waals surface area contributed by atoms with E-state index in [1.807, 2.05) is 38.1 Å². The first-order valence-electron chi connectivity index (χ1n) is 7.93. The molecular weight excluding hydrogens is 352 g/mol. The smallest absolute Gasteiger partial charge is 0.276 e. The first kappa shape index (κ1) is 17.8. The molecule has 0 saturated heterocycles. The second-order valence-corrected chi connectivity index (χ2v) is 6.92. The number of nitrogens with one attached hydrogen (secondary N) is 2. The maximum atomic E-state index is 12.4. The number of carbonyl (C=O) groups excluding carboxylic acids is 1. The van der Waals surface area contributed by atoms with E-state index in [4.69, 9.17) is 4.74 Å². The number of methoxy groups -OCH3 is 1. The Morgan fingerprint density at radius 2 is 1.96 bits per heavy atom. The van der Waals surface area contributed by atoms with Gasteiger partial charge >= 0.3 is 0 Å². The van der Waals surface area contributed by atoms with Gasteiger partial charge in [0.15, 0.2) is 5.13 Å². The SMILES string of the molecule is COc1ccc(Cc2nc(C(=O)Nc3nc(C)c(C)s3)cc(=O)[nH]2)cc1. The third-order valence-corrected chi connectivity index (χ3v) is 4.79. The van der Waals surface area contributed by atoms with Crippen molar-refractivity contribution in [2.24, 2.45) is 0 Å². The second-order valence-electron chi connectivity index (χ2n) is 5.72. The van der Waals surface area contributed by atoms with E-state index in [9.17, 15) is 9.59 Å². The number of rotatable bonds is 5. The van der Waals surface area contributed by atoms with Crippen LogP contribution >= 0.6 is 11.3 Å². The molecule has 1 aromatic carbocycles. The van der Waals surface area contributed by atoms with Gasteiger partial charge in [-0.25, -0.2) is 9.97 Å². The van der Waals surface area contributed by atoms with Crippen LogP contribution in [-0.4, -0.2) is 28.0 Å². The highest BCUT2D eigenvalue weighted by atomic mass is 32.1. The number of aryl methyl sites for hydroxylation is 2. The molecule has 0 unspecified atom stereocenters. The predicted molar refractivity (Wildman–Crippen MR) is 100 cm³/mol. The highest BCUT2D eigenvalue weighted by molar-refractivity contribution is 7.15. The van der Waals surface area contributed by atoms with E-state index in [-0.39, 0.29) is 11.3 Å². The molecule has 0 atom stereocenters. The minimum absolute atomic E-state index is 0.0581. The van der Waals surface area contributed by atoms with Gasteiger partial charge < -0.3 is 9.72 Å². The minimum Gasteiger partial charge on any atom is -0.497 e. The summed E-state index contributed by atoms with van der Waals surface area (Å²) >= 11 is 1.38. The van der Waals surface area contributed by atoms with Gasteiger partial charge in [-0.15, -0.1) is 11.3 Å². The van der Waals surface area contributed by atoms with E-state index in [0.29, 0.717) is 17.4 Å². The van der Waals surface area contributed by atoms with E-state index in [1.165, 1.54) is 17.4 Å². The normalized spacial score (nSPS) is 10.6. The summed E-state index contributed by atoms with van der Waals surface area (Å²) in [6.45, 7) is 3.81. The summed E-state index contributed by atoms with van der Waals surface area (Å²) in [7, 11) is 1.60. The van der Waals surface area contributed by atoms with Gasteiger partial charge in [0.25, 0.3) is 11.5 Å². The third-order valence-electron chi connectivity index (χ3n) is 3.80. The van der Waals surface area contributed by atoms with E-state index in [2.05, 4.69) is 20.3 Å². The Hall–Kier alpha value is -3.00. The molecule has 0 spiro atoms. The fraction of sp³-hybridized carbons (Fsp3) is 0.222. The average molecular weight is 370 g/mol. The lowest BCUT2D eigenvalue weighted by atomic mass is 10.1. The van der Waals surface area contributed by atoms with E-state index in [0.717, 1.165) is 21.9 Å². The number of aromatic nitrogens is 3. The third kappa shape index (κ3) is 4.15. The number of carbonyl (C=O) groups is 1. The van der Waals surface area contributed by atoms with E-state index >= 15 is 0 Å². The van der Waals surface area contributed by atoms with Gasteiger partial charge in [0.2, 0.25) is 0 Å². The van der Waals surface area contributed by atoms with Gasteiger partial charge in [-0.2, -0.15) is 0 Å². The van der Waals surface area contributed by atoms with Crippen molar-refractivity contribution in [3.05, 3.63) is 68.3 Å². The molecule has 3 aromatic rings. The highest BCUT2D eigenvalue weighted by Crippen LogP contribution is 2.21. The van der Waals surface area contributed by atoms with Crippen LogP contribution in [0.2, 0.25) is 0 Å². The molecule has 0 bridgehead atoms. The standard InChI is InChI=1S/C18H18N4O3S/c1-10-11(2)26-18(19-10)22-17(24)14-9-16(23)21-15(20-14)8-12-4-6-13(25-3)7-5-12/h4-7,9H,8H2,1-3H3,(H,19,22,24)(H,20,21,23). The summed E-state index contributed by atoms with van der Waals surface area (Å²) in [5.41, 5.74) is 1.49. The van der Waals surface area contributed by atoms with Gasteiger partial charge in [0, 0.05) is 17.4 Å². The molecule has 0 radical (unpaired) electrons. The van der Waals surface area contributed by atoms with Gasteiger partial charge in [0.05, 0.1) is 12.8 Å². The van der Waals surface area contributed by atoms with E-state index in [1.54, 1.807) is 7.11 Å². The van der Waals surface area contributed by atoms with Crippen LogP contribution in [-0.2, 0) is 6.42 Å². The lowest BCUT2D eigenvalue weighted by Crippen LogP contribution is -2.20. The topological polar surface area (TPSA) is 97.0 Å². The molecule has 0 aliphatic rings. The quantitative estimate of drug-likeness (QED) is 0.720. The number of hydrogen-bond donors (Lipinski definition) is 2. The Balaban J connectivity index is 1.79. The van der Waals surface area contributed by atoms with Crippen molar-refractivity contribution < 1.29 is 9.53 Å². The van der Waals surface area contributed by atoms with Crippen LogP contribution < -0.4 is 15.6 Å². The largest absolute Gasteiger partial charge is 0.497 e. The number of benzene rings is 1. The average Bonchev–Trinajstić information content (AvgIpc) is 2.92. The van der Waals surface area contributed by atoms with Crippen molar-refractivity contribution in [1.82, 2.24) is 15.0 Å². The molecular formula is C18H18N4O3S. The predicted octanol–water partition coefficient (Wildman–Crippen LogP) is 2.69. The number of nitrogens with zero attached hydrogens (tertiary/aromatic N) is 2. The summed E-state index contributed by atoms with van der Waals surface area (Å²) in [4.78, 5) is 36.5. The number of aromatic amines is 1. The highest BCUT2D eigenvalue weighted by Gasteiger charge is 2.13.